The van der Waals surface area contributed by atoms with Crippen molar-refractivity contribution in [2.24, 2.45) is 0 Å². The molecule has 5 N–H and O–H groups in total. The third-order valence-corrected chi connectivity index (χ3v) is 6.55. The van der Waals surface area contributed by atoms with Crippen molar-refractivity contribution >= 4 is 22.3 Å². The van der Waals surface area contributed by atoms with Gasteiger partial charge in [-0.3, -0.25) is 9.59 Å². The Morgan fingerprint density at radius 3 is 2.15 bits per heavy atom. The molecule has 1 saturated heterocycles. The highest BCUT2D eigenvalue weighted by Crippen LogP contribution is 2.45. The molecule has 2 aliphatic rings. The van der Waals surface area contributed by atoms with Crippen LogP contribution < -0.4 is 0 Å². The molecule has 1 fully saturated rings. The summed E-state index contributed by atoms with van der Waals surface area (Å²) in [6, 6.07) is 7.19. The van der Waals surface area contributed by atoms with Gasteiger partial charge in [0.1, 0.15) is 23.4 Å². The second-order valence-electron chi connectivity index (χ2n) is 8.73. The van der Waals surface area contributed by atoms with Gasteiger partial charge in [-0.2, -0.15) is 0 Å². The molecule has 8 heteroatoms. The first kappa shape index (κ1) is 21.4. The number of hydrogen-bond donors (Lipinski definition) is 5. The fraction of sp³-hybridized carbons (Fsp3) is 0.280. The molecule has 33 heavy (non-hydrogen) atoms. The number of aromatic hydroxyl groups is 3. The number of carbonyl (C=O) groups excluding carboxylic acids is 2. The van der Waals surface area contributed by atoms with E-state index in [-0.39, 0.29) is 28.7 Å². The molecule has 1 aliphatic heterocycles. The lowest BCUT2D eigenvalue weighted by atomic mass is 9.80. The normalized spacial score (nSPS) is 24.6. The van der Waals surface area contributed by atoms with E-state index in [2.05, 4.69) is 0 Å². The van der Waals surface area contributed by atoms with Crippen LogP contribution in [-0.2, 0) is 4.74 Å². The molecular weight excluding hydrogens is 428 g/mol. The lowest BCUT2D eigenvalue weighted by Crippen LogP contribution is -2.43. The Hall–Kier alpha value is -3.46. The van der Waals surface area contributed by atoms with E-state index < -0.39 is 53.2 Å². The second-order valence-corrected chi connectivity index (χ2v) is 8.73. The molecule has 5 rings (SSSR count). The monoisotopic (exact) mass is 450 g/mol. The van der Waals surface area contributed by atoms with E-state index in [1.807, 2.05) is 6.07 Å². The van der Waals surface area contributed by atoms with Crippen LogP contribution in [0.15, 0.2) is 30.3 Å². The highest BCUT2D eigenvalue weighted by atomic mass is 16.5. The molecule has 0 radical (unpaired) electrons. The van der Waals surface area contributed by atoms with Crippen molar-refractivity contribution in [3.05, 3.63) is 63.7 Å². The van der Waals surface area contributed by atoms with Gasteiger partial charge in [-0.25, -0.2) is 0 Å². The fourth-order valence-electron chi connectivity index (χ4n) is 4.90. The smallest absolute Gasteiger partial charge is 0.202 e. The number of ether oxygens (including phenoxy) is 1. The van der Waals surface area contributed by atoms with Crippen molar-refractivity contribution in [3.8, 4) is 17.2 Å². The van der Waals surface area contributed by atoms with Gasteiger partial charge >= 0.3 is 0 Å². The number of benzene rings is 3. The molecule has 1 heterocycles. The third-order valence-electron chi connectivity index (χ3n) is 6.55. The molecule has 170 valence electrons. The van der Waals surface area contributed by atoms with Crippen molar-refractivity contribution in [3.63, 3.8) is 0 Å². The standard InChI is InChI=1S/C25H22O8/c1-9-5-12(18-8-17(28)22(29)10(2)33-18)11-7-14-19(23(30)13(11)6-9)25(32)21-16(27)4-3-15(26)20(21)24(14)31/h3-7,10,17-18,22,26-30H,8H2,1-2H3/t10-,17-,18-,22+/m1/s1. The highest BCUT2D eigenvalue weighted by molar-refractivity contribution is 6.32. The summed E-state index contributed by atoms with van der Waals surface area (Å²) in [6.45, 7) is 3.44. The molecule has 0 spiro atoms. The predicted octanol–water partition coefficient (Wildman–Crippen LogP) is 2.61. The number of phenolic OH excluding ortho intramolecular Hbond substituents is 3. The minimum Gasteiger partial charge on any atom is -0.507 e. The first-order valence-electron chi connectivity index (χ1n) is 10.6. The maximum Gasteiger partial charge on any atom is 0.202 e. The lowest BCUT2D eigenvalue weighted by molar-refractivity contribution is -0.163. The number of ketones is 2. The molecule has 3 aromatic carbocycles. The van der Waals surface area contributed by atoms with Crippen LogP contribution in [0.2, 0.25) is 0 Å². The van der Waals surface area contributed by atoms with Gasteiger partial charge in [-0.1, -0.05) is 6.07 Å². The van der Waals surface area contributed by atoms with Crippen molar-refractivity contribution in [2.75, 3.05) is 0 Å². The van der Waals surface area contributed by atoms with Crippen LogP contribution >= 0.6 is 0 Å². The molecular formula is C25H22O8. The SMILES string of the molecule is Cc1cc([C@H]2C[C@@H](O)[C@@H](O)[C@@H](C)O2)c2cc3c(c(O)c2c1)C(=O)c1c(O)ccc(O)c1C3=O. The Bertz CT molecular complexity index is 1350. The zero-order chi connectivity index (χ0) is 23.8. The van der Waals surface area contributed by atoms with Gasteiger partial charge in [0.15, 0.2) is 5.78 Å². The highest BCUT2D eigenvalue weighted by Gasteiger charge is 2.39. The van der Waals surface area contributed by atoms with E-state index in [4.69, 9.17) is 4.74 Å². The van der Waals surface area contributed by atoms with E-state index in [0.29, 0.717) is 16.3 Å². The van der Waals surface area contributed by atoms with E-state index in [9.17, 15) is 35.1 Å². The topological polar surface area (TPSA) is 145 Å². The van der Waals surface area contributed by atoms with Gasteiger partial charge in [0.2, 0.25) is 5.78 Å². The van der Waals surface area contributed by atoms with Crippen LogP contribution in [0, 0.1) is 6.92 Å². The number of fused-ring (bicyclic) bond motifs is 3. The quantitative estimate of drug-likeness (QED) is 0.278. The largest absolute Gasteiger partial charge is 0.507 e. The minimum absolute atomic E-state index is 0.103. The van der Waals surface area contributed by atoms with Crippen LogP contribution in [-0.4, -0.2) is 55.4 Å². The molecule has 0 amide bonds. The Balaban J connectivity index is 1.77. The molecule has 0 bridgehead atoms. The summed E-state index contributed by atoms with van der Waals surface area (Å²) in [7, 11) is 0. The first-order valence-corrected chi connectivity index (χ1v) is 10.6. The van der Waals surface area contributed by atoms with Gasteiger partial charge < -0.3 is 30.3 Å². The number of hydrogen-bond acceptors (Lipinski definition) is 8. The van der Waals surface area contributed by atoms with E-state index in [1.54, 1.807) is 19.9 Å². The number of aliphatic hydroxyl groups is 2. The Morgan fingerprint density at radius 1 is 0.879 bits per heavy atom. The molecule has 1 aliphatic carbocycles. The molecule has 0 unspecified atom stereocenters. The summed E-state index contributed by atoms with van der Waals surface area (Å²) < 4.78 is 5.92. The second kappa shape index (κ2) is 7.28. The molecule has 8 nitrogen and oxygen atoms in total. The summed E-state index contributed by atoms with van der Waals surface area (Å²) in [5, 5.41) is 52.6. The Morgan fingerprint density at radius 2 is 1.52 bits per heavy atom. The summed E-state index contributed by atoms with van der Waals surface area (Å²) in [5.41, 5.74) is 0.323. The van der Waals surface area contributed by atoms with Crippen LogP contribution in [0.1, 0.15) is 62.4 Å². The summed E-state index contributed by atoms with van der Waals surface area (Å²) in [5.74, 6) is -2.80. The van der Waals surface area contributed by atoms with Crippen LogP contribution in [0.4, 0.5) is 0 Å². The van der Waals surface area contributed by atoms with E-state index in [0.717, 1.165) is 17.7 Å². The maximum atomic E-state index is 13.3. The van der Waals surface area contributed by atoms with Gasteiger partial charge in [0.25, 0.3) is 0 Å². The predicted molar refractivity (Wildman–Crippen MR) is 117 cm³/mol. The third kappa shape index (κ3) is 3.02. The van der Waals surface area contributed by atoms with Gasteiger partial charge in [0, 0.05) is 17.4 Å². The van der Waals surface area contributed by atoms with Crippen LogP contribution in [0.3, 0.4) is 0 Å². The van der Waals surface area contributed by atoms with E-state index in [1.165, 1.54) is 6.07 Å². The van der Waals surface area contributed by atoms with Crippen LogP contribution in [0.5, 0.6) is 17.2 Å². The number of carbonyl (C=O) groups is 2. The zero-order valence-corrected chi connectivity index (χ0v) is 17.9. The van der Waals surface area contributed by atoms with Crippen molar-refractivity contribution < 1.29 is 39.9 Å². The number of aryl methyl sites for hydroxylation is 1. The number of aliphatic hydroxyl groups excluding tert-OH is 2. The van der Waals surface area contributed by atoms with Gasteiger partial charge in [-0.15, -0.1) is 0 Å². The molecule has 3 aromatic rings. The maximum absolute atomic E-state index is 13.3. The summed E-state index contributed by atoms with van der Waals surface area (Å²) >= 11 is 0. The first-order chi connectivity index (χ1) is 15.6. The van der Waals surface area contributed by atoms with Crippen molar-refractivity contribution in [1.82, 2.24) is 0 Å². The van der Waals surface area contributed by atoms with Crippen molar-refractivity contribution in [1.29, 1.82) is 0 Å². The number of phenols is 3. The van der Waals surface area contributed by atoms with Gasteiger partial charge in [0.05, 0.1) is 35.0 Å². The number of rotatable bonds is 1. The summed E-state index contributed by atoms with van der Waals surface area (Å²) in [4.78, 5) is 26.5. The van der Waals surface area contributed by atoms with Crippen LogP contribution in [0.25, 0.3) is 10.8 Å². The minimum atomic E-state index is -1.04. The summed E-state index contributed by atoms with van der Waals surface area (Å²) in [6.07, 6.45) is -3.22. The zero-order valence-electron chi connectivity index (χ0n) is 17.9. The fourth-order valence-corrected chi connectivity index (χ4v) is 4.90. The van der Waals surface area contributed by atoms with Crippen molar-refractivity contribution in [2.45, 2.75) is 44.7 Å². The average molecular weight is 450 g/mol. The van der Waals surface area contributed by atoms with E-state index >= 15 is 0 Å². The van der Waals surface area contributed by atoms with Gasteiger partial charge in [-0.05, 0) is 54.6 Å². The Labute approximate surface area is 188 Å². The lowest BCUT2D eigenvalue weighted by Gasteiger charge is -2.36. The average Bonchev–Trinajstić information content (AvgIpc) is 2.76. The molecule has 0 saturated carbocycles. The Kier molecular flexibility index (Phi) is 4.72. The molecule has 4 atom stereocenters. The molecule has 0 aromatic heterocycles.